The van der Waals surface area contributed by atoms with Crippen LogP contribution in [0.1, 0.15) is 18.9 Å². The van der Waals surface area contributed by atoms with Crippen LogP contribution in [0.15, 0.2) is 66.2 Å². The number of carbonyl (C=O) groups is 3. The number of imide groups is 2. The molecule has 0 saturated carbocycles. The summed E-state index contributed by atoms with van der Waals surface area (Å²) in [5.41, 5.74) is 0.189. The van der Waals surface area contributed by atoms with Gasteiger partial charge in [0.25, 0.3) is 17.5 Å². The van der Waals surface area contributed by atoms with Gasteiger partial charge in [0, 0.05) is 17.7 Å². The molecule has 1 heterocycles. The molecule has 9 nitrogen and oxygen atoms in total. The SMILES string of the molecule is CCCOc1ccc2ccccc2c1/C=C1/C(=O)NC(=O)N(c2ccc([N+](=O)[O-])cc2)C1=O. The number of nitro benzene ring substituents is 1. The molecule has 0 radical (unpaired) electrons. The highest BCUT2D eigenvalue weighted by Gasteiger charge is 2.37. The van der Waals surface area contributed by atoms with Crippen molar-refractivity contribution in [2.45, 2.75) is 13.3 Å². The number of barbiturate groups is 1. The Morgan fingerprint density at radius 2 is 1.76 bits per heavy atom. The number of anilines is 1. The van der Waals surface area contributed by atoms with E-state index in [4.69, 9.17) is 4.74 Å². The number of non-ortho nitro benzene ring substituents is 1. The molecule has 1 aliphatic heterocycles. The molecule has 1 aliphatic rings. The molecule has 33 heavy (non-hydrogen) atoms. The molecule has 0 unspecified atom stereocenters. The Kier molecular flexibility index (Phi) is 5.86. The third-order valence-electron chi connectivity index (χ3n) is 5.10. The molecule has 0 aromatic heterocycles. The molecule has 1 fully saturated rings. The number of benzene rings is 3. The van der Waals surface area contributed by atoms with Crippen molar-refractivity contribution in [3.8, 4) is 5.75 Å². The van der Waals surface area contributed by atoms with Crippen LogP contribution in [0.3, 0.4) is 0 Å². The van der Waals surface area contributed by atoms with E-state index in [1.807, 2.05) is 37.3 Å². The van der Waals surface area contributed by atoms with E-state index < -0.39 is 22.8 Å². The zero-order chi connectivity index (χ0) is 23.5. The van der Waals surface area contributed by atoms with Gasteiger partial charge in [-0.1, -0.05) is 37.3 Å². The number of fused-ring (bicyclic) bond motifs is 1. The quantitative estimate of drug-likeness (QED) is 0.263. The first-order valence-electron chi connectivity index (χ1n) is 10.2. The van der Waals surface area contributed by atoms with Crippen LogP contribution in [0.25, 0.3) is 16.8 Å². The number of nitrogens with one attached hydrogen (secondary N) is 1. The highest BCUT2D eigenvalue weighted by Crippen LogP contribution is 2.32. The molecule has 3 aromatic rings. The first kappa shape index (κ1) is 21.7. The zero-order valence-electron chi connectivity index (χ0n) is 17.6. The van der Waals surface area contributed by atoms with E-state index in [9.17, 15) is 24.5 Å². The molecular formula is C24H19N3O6. The van der Waals surface area contributed by atoms with E-state index in [0.717, 1.165) is 22.1 Å². The van der Waals surface area contributed by atoms with E-state index >= 15 is 0 Å². The fourth-order valence-electron chi connectivity index (χ4n) is 3.52. The smallest absolute Gasteiger partial charge is 0.335 e. The fourth-order valence-corrected chi connectivity index (χ4v) is 3.52. The van der Waals surface area contributed by atoms with Crippen LogP contribution >= 0.6 is 0 Å². The molecule has 4 amide bonds. The molecule has 0 bridgehead atoms. The van der Waals surface area contributed by atoms with Crippen LogP contribution in [0.2, 0.25) is 0 Å². The summed E-state index contributed by atoms with van der Waals surface area (Å²) in [6.07, 6.45) is 2.18. The topological polar surface area (TPSA) is 119 Å². The van der Waals surface area contributed by atoms with Gasteiger partial charge < -0.3 is 4.74 Å². The number of ether oxygens (including phenoxy) is 1. The summed E-state index contributed by atoms with van der Waals surface area (Å²) in [6.45, 7) is 2.41. The predicted octanol–water partition coefficient (Wildman–Crippen LogP) is 4.20. The average Bonchev–Trinajstić information content (AvgIpc) is 2.81. The zero-order valence-corrected chi connectivity index (χ0v) is 17.6. The average molecular weight is 445 g/mol. The molecule has 1 N–H and O–H groups in total. The maximum atomic E-state index is 13.2. The van der Waals surface area contributed by atoms with Crippen LogP contribution < -0.4 is 15.0 Å². The van der Waals surface area contributed by atoms with E-state index in [2.05, 4.69) is 5.32 Å². The molecule has 4 rings (SSSR count). The van der Waals surface area contributed by atoms with Gasteiger partial charge in [-0.3, -0.25) is 25.0 Å². The van der Waals surface area contributed by atoms with E-state index in [0.29, 0.717) is 17.9 Å². The molecule has 0 aliphatic carbocycles. The number of nitrogens with zero attached hydrogens (tertiary/aromatic N) is 2. The monoisotopic (exact) mass is 445 g/mol. The first-order chi connectivity index (χ1) is 15.9. The standard InChI is InChI=1S/C24H19N3O6/c1-2-13-33-21-12-7-15-5-3-4-6-18(15)19(21)14-20-22(28)25-24(30)26(23(20)29)16-8-10-17(11-9-16)27(31)32/h3-12,14H,2,13H2,1H3,(H,25,28,30)/b20-14-. The van der Waals surface area contributed by atoms with Crippen LogP contribution in [-0.4, -0.2) is 29.4 Å². The normalized spacial score (nSPS) is 15.1. The van der Waals surface area contributed by atoms with Gasteiger partial charge in [-0.15, -0.1) is 0 Å². The van der Waals surface area contributed by atoms with Crippen molar-refractivity contribution in [1.82, 2.24) is 5.32 Å². The van der Waals surface area contributed by atoms with Gasteiger partial charge in [-0.05, 0) is 41.5 Å². The summed E-state index contributed by atoms with van der Waals surface area (Å²) in [5, 5.41) is 14.7. The van der Waals surface area contributed by atoms with Crippen molar-refractivity contribution in [3.05, 3.63) is 81.9 Å². The van der Waals surface area contributed by atoms with Crippen LogP contribution in [-0.2, 0) is 9.59 Å². The minimum atomic E-state index is -0.934. The van der Waals surface area contributed by atoms with Gasteiger partial charge >= 0.3 is 6.03 Å². The molecule has 166 valence electrons. The first-order valence-corrected chi connectivity index (χ1v) is 10.2. The van der Waals surface area contributed by atoms with Gasteiger partial charge in [0.15, 0.2) is 0 Å². The maximum Gasteiger partial charge on any atom is 0.335 e. The molecule has 9 heteroatoms. The Morgan fingerprint density at radius 3 is 2.45 bits per heavy atom. The summed E-state index contributed by atoms with van der Waals surface area (Å²) in [5.74, 6) is -1.17. The Hall–Kier alpha value is -4.53. The molecule has 1 saturated heterocycles. The summed E-state index contributed by atoms with van der Waals surface area (Å²) >= 11 is 0. The molecular weight excluding hydrogens is 426 g/mol. The second kappa shape index (κ2) is 8.91. The lowest BCUT2D eigenvalue weighted by atomic mass is 9.99. The van der Waals surface area contributed by atoms with Gasteiger partial charge in [0.2, 0.25) is 0 Å². The Balaban J connectivity index is 1.81. The number of amides is 4. The van der Waals surface area contributed by atoms with Crippen molar-refractivity contribution >= 4 is 46.1 Å². The van der Waals surface area contributed by atoms with Crippen LogP contribution in [0, 0.1) is 10.1 Å². The summed E-state index contributed by atoms with van der Waals surface area (Å²) in [6, 6.07) is 15.1. The molecule has 0 atom stereocenters. The van der Waals surface area contributed by atoms with Gasteiger partial charge in [0.05, 0.1) is 17.2 Å². The van der Waals surface area contributed by atoms with Crippen molar-refractivity contribution in [2.24, 2.45) is 0 Å². The Labute approximate surface area is 188 Å². The highest BCUT2D eigenvalue weighted by atomic mass is 16.6. The Morgan fingerprint density at radius 1 is 1.03 bits per heavy atom. The van der Waals surface area contributed by atoms with Crippen molar-refractivity contribution < 1.29 is 24.0 Å². The lowest BCUT2D eigenvalue weighted by molar-refractivity contribution is -0.384. The van der Waals surface area contributed by atoms with E-state index in [1.54, 1.807) is 6.07 Å². The van der Waals surface area contributed by atoms with Crippen molar-refractivity contribution in [2.75, 3.05) is 11.5 Å². The number of carbonyl (C=O) groups excluding carboxylic acids is 3. The highest BCUT2D eigenvalue weighted by molar-refractivity contribution is 6.39. The van der Waals surface area contributed by atoms with Gasteiger partial charge in [-0.25, -0.2) is 9.69 Å². The van der Waals surface area contributed by atoms with Gasteiger partial charge in [-0.2, -0.15) is 0 Å². The van der Waals surface area contributed by atoms with Crippen LogP contribution in [0.5, 0.6) is 5.75 Å². The summed E-state index contributed by atoms with van der Waals surface area (Å²) < 4.78 is 5.84. The number of rotatable bonds is 6. The summed E-state index contributed by atoms with van der Waals surface area (Å²) in [4.78, 5) is 49.4. The minimum Gasteiger partial charge on any atom is -0.493 e. The maximum absolute atomic E-state index is 13.2. The largest absolute Gasteiger partial charge is 0.493 e. The van der Waals surface area contributed by atoms with E-state index in [1.165, 1.54) is 30.3 Å². The fraction of sp³-hybridized carbons (Fsp3) is 0.125. The lowest BCUT2D eigenvalue weighted by Gasteiger charge is -2.26. The van der Waals surface area contributed by atoms with Crippen LogP contribution in [0.4, 0.5) is 16.2 Å². The third-order valence-corrected chi connectivity index (χ3v) is 5.10. The second-order valence-corrected chi connectivity index (χ2v) is 7.28. The Bertz CT molecular complexity index is 1310. The third kappa shape index (κ3) is 4.16. The number of nitro groups is 1. The number of urea groups is 1. The molecule has 0 spiro atoms. The summed E-state index contributed by atoms with van der Waals surface area (Å²) in [7, 11) is 0. The van der Waals surface area contributed by atoms with Crippen molar-refractivity contribution in [3.63, 3.8) is 0 Å². The van der Waals surface area contributed by atoms with E-state index in [-0.39, 0.29) is 16.9 Å². The molecule has 3 aromatic carbocycles. The minimum absolute atomic E-state index is 0.0990. The second-order valence-electron chi connectivity index (χ2n) is 7.28. The number of hydrogen-bond acceptors (Lipinski definition) is 6. The predicted molar refractivity (Wildman–Crippen MR) is 122 cm³/mol. The van der Waals surface area contributed by atoms with Crippen molar-refractivity contribution in [1.29, 1.82) is 0 Å². The van der Waals surface area contributed by atoms with Gasteiger partial charge in [0.1, 0.15) is 11.3 Å². The lowest BCUT2D eigenvalue weighted by Crippen LogP contribution is -2.54. The number of hydrogen-bond donors (Lipinski definition) is 1.